The number of aliphatic imine (C=N–C) groups is 1. The first-order valence-electron chi connectivity index (χ1n) is 8.34. The highest BCUT2D eigenvalue weighted by Crippen LogP contribution is 2.19. The van der Waals surface area contributed by atoms with E-state index in [9.17, 15) is 8.42 Å². The summed E-state index contributed by atoms with van der Waals surface area (Å²) >= 11 is 7.62. The molecule has 0 radical (unpaired) electrons. The van der Waals surface area contributed by atoms with Crippen molar-refractivity contribution in [1.82, 2.24) is 15.4 Å². The van der Waals surface area contributed by atoms with Crippen molar-refractivity contribution in [1.29, 1.82) is 0 Å². The zero-order chi connectivity index (χ0) is 18.5. The number of guanidine groups is 1. The molecule has 142 valence electrons. The summed E-state index contributed by atoms with van der Waals surface area (Å²) in [4.78, 5) is 5.63. The third-order valence-corrected chi connectivity index (χ3v) is 5.80. The first kappa shape index (κ1) is 22.1. The van der Waals surface area contributed by atoms with Crippen molar-refractivity contribution in [3.63, 3.8) is 0 Å². The summed E-state index contributed by atoms with van der Waals surface area (Å²) in [7, 11) is -3.12. The molecule has 0 fully saturated rings. The van der Waals surface area contributed by atoms with Gasteiger partial charge in [0.2, 0.25) is 10.0 Å². The van der Waals surface area contributed by atoms with Gasteiger partial charge in [0, 0.05) is 41.8 Å². The van der Waals surface area contributed by atoms with Gasteiger partial charge in [-0.15, -0.1) is 11.8 Å². The van der Waals surface area contributed by atoms with Crippen molar-refractivity contribution >= 4 is 39.3 Å². The van der Waals surface area contributed by atoms with Gasteiger partial charge in [-0.2, -0.15) is 0 Å². The zero-order valence-corrected chi connectivity index (χ0v) is 17.1. The van der Waals surface area contributed by atoms with Gasteiger partial charge in [-0.1, -0.05) is 11.6 Å². The molecule has 0 aliphatic rings. The lowest BCUT2D eigenvalue weighted by Gasteiger charge is -2.11. The lowest BCUT2D eigenvalue weighted by atomic mass is 10.4. The first-order valence-corrected chi connectivity index (χ1v) is 11.4. The van der Waals surface area contributed by atoms with Crippen LogP contribution >= 0.6 is 23.4 Å². The van der Waals surface area contributed by atoms with Crippen LogP contribution in [0.15, 0.2) is 34.2 Å². The minimum absolute atomic E-state index is 0.103. The number of rotatable bonds is 11. The van der Waals surface area contributed by atoms with Crippen LogP contribution in [0, 0.1) is 0 Å². The Morgan fingerprint density at radius 3 is 2.52 bits per heavy atom. The number of halogens is 1. The minimum atomic E-state index is -3.12. The summed E-state index contributed by atoms with van der Waals surface area (Å²) in [6.45, 7) is 6.16. The van der Waals surface area contributed by atoms with Gasteiger partial charge in [-0.25, -0.2) is 13.1 Å². The molecule has 1 aromatic rings. The summed E-state index contributed by atoms with van der Waals surface area (Å²) in [6, 6.07) is 7.78. The topological polar surface area (TPSA) is 82.6 Å². The molecule has 9 heteroatoms. The number of sulfonamides is 1. The Morgan fingerprint density at radius 2 is 1.88 bits per heavy atom. The smallest absolute Gasteiger partial charge is 0.211 e. The quantitative estimate of drug-likeness (QED) is 0.227. The molecule has 0 heterocycles. The fourth-order valence-electron chi connectivity index (χ4n) is 1.81. The van der Waals surface area contributed by atoms with Crippen LogP contribution in [0.4, 0.5) is 0 Å². The second-order valence-corrected chi connectivity index (χ2v) is 8.84. The SMILES string of the molecule is CCNC(=NCCCNS(=O)(=O)CC)NCCSc1ccc(Cl)cc1. The highest BCUT2D eigenvalue weighted by Gasteiger charge is 2.04. The molecule has 0 aliphatic carbocycles. The standard InChI is InChI=1S/C16H27ClN4O2S2/c1-3-18-16(19-10-5-11-21-25(22,23)4-2)20-12-13-24-15-8-6-14(17)7-9-15/h6-9,21H,3-5,10-13H2,1-2H3,(H2,18,19,20). The van der Waals surface area contributed by atoms with Gasteiger partial charge in [-0.3, -0.25) is 4.99 Å². The van der Waals surface area contributed by atoms with E-state index < -0.39 is 10.0 Å². The summed E-state index contributed by atoms with van der Waals surface area (Å²) in [6.07, 6.45) is 0.662. The van der Waals surface area contributed by atoms with Gasteiger partial charge in [0.05, 0.1) is 5.75 Å². The van der Waals surface area contributed by atoms with Crippen LogP contribution in [0.1, 0.15) is 20.3 Å². The van der Waals surface area contributed by atoms with E-state index in [1.165, 1.54) is 4.90 Å². The average Bonchev–Trinajstić information content (AvgIpc) is 2.59. The summed E-state index contributed by atoms with van der Waals surface area (Å²) < 4.78 is 25.2. The van der Waals surface area contributed by atoms with Gasteiger partial charge >= 0.3 is 0 Å². The van der Waals surface area contributed by atoms with Gasteiger partial charge < -0.3 is 10.6 Å². The van der Waals surface area contributed by atoms with Gasteiger partial charge in [-0.05, 0) is 44.5 Å². The molecule has 0 saturated carbocycles. The number of benzene rings is 1. The average molecular weight is 407 g/mol. The van der Waals surface area contributed by atoms with E-state index >= 15 is 0 Å². The Labute approximate surface area is 160 Å². The van der Waals surface area contributed by atoms with E-state index in [1.807, 2.05) is 31.2 Å². The molecule has 1 aromatic carbocycles. The van der Waals surface area contributed by atoms with Crippen LogP contribution in [0.3, 0.4) is 0 Å². The molecule has 0 bridgehead atoms. The van der Waals surface area contributed by atoms with Gasteiger partial charge in [0.1, 0.15) is 0 Å². The molecule has 1 rings (SSSR count). The molecule has 0 aliphatic heterocycles. The molecule has 0 unspecified atom stereocenters. The second-order valence-electron chi connectivity index (χ2n) is 5.14. The van der Waals surface area contributed by atoms with E-state index in [1.54, 1.807) is 18.7 Å². The third kappa shape index (κ3) is 10.6. The minimum Gasteiger partial charge on any atom is -0.357 e. The maximum absolute atomic E-state index is 11.3. The Balaban J connectivity index is 2.27. The van der Waals surface area contributed by atoms with E-state index in [-0.39, 0.29) is 5.75 Å². The van der Waals surface area contributed by atoms with Crippen molar-refractivity contribution in [3.05, 3.63) is 29.3 Å². The highest BCUT2D eigenvalue weighted by molar-refractivity contribution is 7.99. The number of hydrogen-bond acceptors (Lipinski definition) is 4. The number of nitrogens with one attached hydrogen (secondary N) is 3. The predicted molar refractivity (Wildman–Crippen MR) is 108 cm³/mol. The molecule has 0 atom stereocenters. The number of nitrogens with zero attached hydrogens (tertiary/aromatic N) is 1. The summed E-state index contributed by atoms with van der Waals surface area (Å²) in [5, 5.41) is 7.20. The highest BCUT2D eigenvalue weighted by atomic mass is 35.5. The first-order chi connectivity index (χ1) is 12.0. The number of thioether (sulfide) groups is 1. The van der Waals surface area contributed by atoms with E-state index in [4.69, 9.17) is 11.6 Å². The largest absolute Gasteiger partial charge is 0.357 e. The predicted octanol–water partition coefficient (Wildman–Crippen LogP) is 2.32. The fourth-order valence-corrected chi connectivity index (χ4v) is 3.36. The van der Waals surface area contributed by atoms with Crippen LogP contribution in [-0.4, -0.2) is 52.1 Å². The molecule has 25 heavy (non-hydrogen) atoms. The van der Waals surface area contributed by atoms with Crippen LogP contribution in [-0.2, 0) is 10.0 Å². The Bertz CT molecular complexity index is 622. The monoisotopic (exact) mass is 406 g/mol. The van der Waals surface area contributed by atoms with Crippen LogP contribution < -0.4 is 15.4 Å². The van der Waals surface area contributed by atoms with Crippen LogP contribution in [0.5, 0.6) is 0 Å². The third-order valence-electron chi connectivity index (χ3n) is 3.13. The van der Waals surface area contributed by atoms with Crippen molar-refractivity contribution in [2.24, 2.45) is 4.99 Å². The van der Waals surface area contributed by atoms with Crippen molar-refractivity contribution in [2.45, 2.75) is 25.2 Å². The van der Waals surface area contributed by atoms with Crippen LogP contribution in [0.2, 0.25) is 5.02 Å². The molecular formula is C16H27ClN4O2S2. The Kier molecular flexibility index (Phi) is 11.0. The van der Waals surface area contributed by atoms with Crippen molar-refractivity contribution < 1.29 is 8.42 Å². The lowest BCUT2D eigenvalue weighted by molar-refractivity contribution is 0.581. The molecule has 0 amide bonds. The zero-order valence-electron chi connectivity index (χ0n) is 14.7. The maximum Gasteiger partial charge on any atom is 0.211 e. The summed E-state index contributed by atoms with van der Waals surface area (Å²) in [5.74, 6) is 1.76. The molecule has 3 N–H and O–H groups in total. The van der Waals surface area contributed by atoms with E-state index in [0.717, 1.165) is 29.8 Å². The normalized spacial score (nSPS) is 12.2. The van der Waals surface area contributed by atoms with Crippen molar-refractivity contribution in [2.75, 3.05) is 37.7 Å². The molecule has 0 saturated heterocycles. The van der Waals surface area contributed by atoms with Gasteiger partial charge in [0.15, 0.2) is 5.96 Å². The van der Waals surface area contributed by atoms with Gasteiger partial charge in [0.25, 0.3) is 0 Å². The maximum atomic E-state index is 11.3. The number of hydrogen-bond donors (Lipinski definition) is 3. The lowest BCUT2D eigenvalue weighted by Crippen LogP contribution is -2.38. The Hall–Kier alpha value is -0.960. The molecular weight excluding hydrogens is 380 g/mol. The Morgan fingerprint density at radius 1 is 1.16 bits per heavy atom. The van der Waals surface area contributed by atoms with Crippen molar-refractivity contribution in [3.8, 4) is 0 Å². The molecule has 0 aromatic heterocycles. The second kappa shape index (κ2) is 12.4. The van der Waals surface area contributed by atoms with Crippen LogP contribution in [0.25, 0.3) is 0 Å². The molecule has 6 nitrogen and oxygen atoms in total. The summed E-state index contributed by atoms with van der Waals surface area (Å²) in [5.41, 5.74) is 0. The van der Waals surface area contributed by atoms with E-state index in [0.29, 0.717) is 19.5 Å². The van der Waals surface area contributed by atoms with E-state index in [2.05, 4.69) is 20.3 Å². The fraction of sp³-hybridized carbons (Fsp3) is 0.562. The molecule has 0 spiro atoms.